The normalized spacial score (nSPS) is 11.7. The SMILES string of the molecule is CC(C)(COCc1ccc(F)c(Br)c1)c1ccc(Cl)cc1. The summed E-state index contributed by atoms with van der Waals surface area (Å²) in [6, 6.07) is 12.7. The second kappa shape index (κ2) is 6.91. The molecule has 21 heavy (non-hydrogen) atoms. The lowest BCUT2D eigenvalue weighted by molar-refractivity contribution is 0.0824. The summed E-state index contributed by atoms with van der Waals surface area (Å²) in [7, 11) is 0. The van der Waals surface area contributed by atoms with Gasteiger partial charge >= 0.3 is 0 Å². The monoisotopic (exact) mass is 370 g/mol. The van der Waals surface area contributed by atoms with Gasteiger partial charge in [0.25, 0.3) is 0 Å². The molecule has 112 valence electrons. The zero-order chi connectivity index (χ0) is 15.5. The second-order valence-electron chi connectivity index (χ2n) is 5.63. The minimum absolute atomic E-state index is 0.109. The van der Waals surface area contributed by atoms with Crippen LogP contribution >= 0.6 is 27.5 Å². The summed E-state index contributed by atoms with van der Waals surface area (Å²) in [4.78, 5) is 0. The standard InChI is InChI=1S/C17H17BrClFO/c1-17(2,13-4-6-14(19)7-5-13)11-21-10-12-3-8-16(20)15(18)9-12/h3-9H,10-11H2,1-2H3. The van der Waals surface area contributed by atoms with E-state index in [1.807, 2.05) is 24.3 Å². The van der Waals surface area contributed by atoms with Crippen LogP contribution in [0.5, 0.6) is 0 Å². The Morgan fingerprint density at radius 3 is 2.43 bits per heavy atom. The average molecular weight is 372 g/mol. The van der Waals surface area contributed by atoms with E-state index in [1.54, 1.807) is 12.1 Å². The van der Waals surface area contributed by atoms with Gasteiger partial charge < -0.3 is 4.74 Å². The molecule has 0 spiro atoms. The van der Waals surface area contributed by atoms with Gasteiger partial charge in [-0.2, -0.15) is 0 Å². The maximum Gasteiger partial charge on any atom is 0.137 e. The minimum atomic E-state index is -0.264. The molecule has 0 radical (unpaired) electrons. The molecule has 0 N–H and O–H groups in total. The van der Waals surface area contributed by atoms with Gasteiger partial charge in [0, 0.05) is 10.4 Å². The predicted octanol–water partition coefficient (Wildman–Crippen LogP) is 5.74. The van der Waals surface area contributed by atoms with Crippen LogP contribution in [0.3, 0.4) is 0 Å². The van der Waals surface area contributed by atoms with Crippen LogP contribution in [0.4, 0.5) is 4.39 Å². The first-order chi connectivity index (χ1) is 9.88. The van der Waals surface area contributed by atoms with Crippen LogP contribution in [0.25, 0.3) is 0 Å². The van der Waals surface area contributed by atoms with Gasteiger partial charge in [-0.25, -0.2) is 4.39 Å². The first-order valence-corrected chi connectivity index (χ1v) is 7.83. The highest BCUT2D eigenvalue weighted by Gasteiger charge is 2.20. The van der Waals surface area contributed by atoms with Crippen molar-refractivity contribution in [3.8, 4) is 0 Å². The fourth-order valence-corrected chi connectivity index (χ4v) is 2.59. The van der Waals surface area contributed by atoms with E-state index < -0.39 is 0 Å². The largest absolute Gasteiger partial charge is 0.376 e. The van der Waals surface area contributed by atoms with Crippen molar-refractivity contribution < 1.29 is 9.13 Å². The smallest absolute Gasteiger partial charge is 0.137 e. The molecule has 0 atom stereocenters. The van der Waals surface area contributed by atoms with E-state index in [-0.39, 0.29) is 11.2 Å². The Kier molecular flexibility index (Phi) is 5.42. The number of hydrogen-bond acceptors (Lipinski definition) is 1. The number of halogens is 3. The highest BCUT2D eigenvalue weighted by molar-refractivity contribution is 9.10. The highest BCUT2D eigenvalue weighted by atomic mass is 79.9. The molecule has 0 aromatic heterocycles. The molecule has 0 aliphatic heterocycles. The molecule has 2 rings (SSSR count). The predicted molar refractivity (Wildman–Crippen MR) is 88.2 cm³/mol. The van der Waals surface area contributed by atoms with E-state index in [0.717, 1.165) is 10.6 Å². The molecular formula is C17H17BrClFO. The quantitative estimate of drug-likeness (QED) is 0.651. The van der Waals surface area contributed by atoms with E-state index >= 15 is 0 Å². The lowest BCUT2D eigenvalue weighted by Crippen LogP contribution is -2.24. The minimum Gasteiger partial charge on any atom is -0.376 e. The van der Waals surface area contributed by atoms with Gasteiger partial charge in [0.05, 0.1) is 17.7 Å². The highest BCUT2D eigenvalue weighted by Crippen LogP contribution is 2.25. The summed E-state index contributed by atoms with van der Waals surface area (Å²) in [5, 5.41) is 0.728. The van der Waals surface area contributed by atoms with Crippen LogP contribution < -0.4 is 0 Å². The van der Waals surface area contributed by atoms with Crippen LogP contribution in [0.1, 0.15) is 25.0 Å². The van der Waals surface area contributed by atoms with Crippen LogP contribution in [0.2, 0.25) is 5.02 Å². The van der Waals surface area contributed by atoms with E-state index in [4.69, 9.17) is 16.3 Å². The molecule has 0 amide bonds. The number of benzene rings is 2. The molecule has 0 heterocycles. The molecule has 1 nitrogen and oxygen atoms in total. The Morgan fingerprint density at radius 1 is 1.14 bits per heavy atom. The third-order valence-electron chi connectivity index (χ3n) is 3.34. The van der Waals surface area contributed by atoms with Crippen molar-refractivity contribution in [2.45, 2.75) is 25.9 Å². The third-order valence-corrected chi connectivity index (χ3v) is 4.20. The van der Waals surface area contributed by atoms with Crippen LogP contribution in [0.15, 0.2) is 46.9 Å². The molecule has 0 saturated heterocycles. The van der Waals surface area contributed by atoms with E-state index in [1.165, 1.54) is 11.6 Å². The van der Waals surface area contributed by atoms with Gasteiger partial charge in [-0.1, -0.05) is 43.6 Å². The maximum atomic E-state index is 13.2. The Balaban J connectivity index is 1.95. The second-order valence-corrected chi connectivity index (χ2v) is 6.92. The van der Waals surface area contributed by atoms with Crippen molar-refractivity contribution in [2.24, 2.45) is 0 Å². The molecule has 4 heteroatoms. The van der Waals surface area contributed by atoms with E-state index in [0.29, 0.717) is 17.7 Å². The summed E-state index contributed by atoms with van der Waals surface area (Å²) in [6.45, 7) is 5.27. The zero-order valence-corrected chi connectivity index (χ0v) is 14.3. The fraction of sp³-hybridized carbons (Fsp3) is 0.294. The van der Waals surface area contributed by atoms with Gasteiger partial charge in [0.2, 0.25) is 0 Å². The first-order valence-electron chi connectivity index (χ1n) is 6.66. The van der Waals surface area contributed by atoms with Crippen molar-refractivity contribution >= 4 is 27.5 Å². The van der Waals surface area contributed by atoms with Gasteiger partial charge in [-0.15, -0.1) is 0 Å². The van der Waals surface area contributed by atoms with Crippen molar-refractivity contribution in [3.63, 3.8) is 0 Å². The molecule has 0 aliphatic rings. The van der Waals surface area contributed by atoms with Crippen LogP contribution in [-0.4, -0.2) is 6.61 Å². The number of ether oxygens (including phenoxy) is 1. The number of hydrogen-bond donors (Lipinski definition) is 0. The third kappa shape index (κ3) is 4.53. The summed E-state index contributed by atoms with van der Waals surface area (Å²) in [6.07, 6.45) is 0. The van der Waals surface area contributed by atoms with Crippen molar-refractivity contribution in [3.05, 3.63) is 68.9 Å². The average Bonchev–Trinajstić information content (AvgIpc) is 2.43. The molecular weight excluding hydrogens is 355 g/mol. The van der Waals surface area contributed by atoms with Gasteiger partial charge in [0.1, 0.15) is 5.82 Å². The molecule has 2 aromatic carbocycles. The van der Waals surface area contributed by atoms with Crippen LogP contribution in [0, 0.1) is 5.82 Å². The Hall–Kier alpha value is -0.900. The molecule has 0 unspecified atom stereocenters. The van der Waals surface area contributed by atoms with E-state index in [9.17, 15) is 4.39 Å². The summed E-state index contributed by atoms with van der Waals surface area (Å²) < 4.78 is 19.4. The summed E-state index contributed by atoms with van der Waals surface area (Å²) in [5.74, 6) is -0.264. The number of rotatable bonds is 5. The Bertz CT molecular complexity index is 611. The first kappa shape index (κ1) is 16.5. The van der Waals surface area contributed by atoms with Gasteiger partial charge in [-0.05, 0) is 51.3 Å². The molecule has 0 saturated carbocycles. The topological polar surface area (TPSA) is 9.23 Å². The van der Waals surface area contributed by atoms with Crippen molar-refractivity contribution in [1.82, 2.24) is 0 Å². The Morgan fingerprint density at radius 2 is 1.81 bits per heavy atom. The lowest BCUT2D eigenvalue weighted by Gasteiger charge is -2.25. The molecule has 0 aliphatic carbocycles. The Labute approximate surface area is 138 Å². The van der Waals surface area contributed by atoms with E-state index in [2.05, 4.69) is 29.8 Å². The lowest BCUT2D eigenvalue weighted by atomic mass is 9.86. The summed E-state index contributed by atoms with van der Waals surface area (Å²) >= 11 is 9.09. The van der Waals surface area contributed by atoms with Crippen molar-refractivity contribution in [1.29, 1.82) is 0 Å². The molecule has 0 fully saturated rings. The van der Waals surface area contributed by atoms with Crippen molar-refractivity contribution in [2.75, 3.05) is 6.61 Å². The zero-order valence-electron chi connectivity index (χ0n) is 12.0. The van der Waals surface area contributed by atoms with Gasteiger partial charge in [0.15, 0.2) is 0 Å². The molecule has 0 bridgehead atoms. The fourth-order valence-electron chi connectivity index (χ4n) is 2.04. The van der Waals surface area contributed by atoms with Crippen LogP contribution in [-0.2, 0) is 16.8 Å². The summed E-state index contributed by atoms with van der Waals surface area (Å²) in [5.41, 5.74) is 2.00. The maximum absolute atomic E-state index is 13.2. The van der Waals surface area contributed by atoms with Gasteiger partial charge in [-0.3, -0.25) is 0 Å². The molecule has 2 aromatic rings.